The number of nitrogens with two attached hydrogens (primary N) is 1. The Morgan fingerprint density at radius 3 is 2.81 bits per heavy atom. The molecular weight excluding hydrogens is 458 g/mol. The zero-order chi connectivity index (χ0) is 25.1. The number of aromatic nitrogens is 4. The molecule has 0 aromatic carbocycles. The monoisotopic (exact) mass is 491 g/mol. The largest absolute Gasteiger partial charge is 0.501 e. The van der Waals surface area contributed by atoms with Crippen molar-refractivity contribution in [1.82, 2.24) is 30.0 Å². The summed E-state index contributed by atoms with van der Waals surface area (Å²) in [6.45, 7) is 2.11. The molecule has 1 amide bonds. The molecule has 1 atom stereocenters. The Kier molecular flexibility index (Phi) is 7.09. The Morgan fingerprint density at radius 1 is 1.25 bits per heavy atom. The minimum Gasteiger partial charge on any atom is -0.501 e. The molecule has 0 radical (unpaired) electrons. The normalized spacial score (nSPS) is 20.1. The first-order valence-corrected chi connectivity index (χ1v) is 12.6. The van der Waals surface area contributed by atoms with Crippen molar-refractivity contribution in [3.63, 3.8) is 0 Å². The van der Waals surface area contributed by atoms with E-state index in [1.807, 2.05) is 21.7 Å². The van der Waals surface area contributed by atoms with Gasteiger partial charge in [0.15, 0.2) is 5.65 Å². The van der Waals surface area contributed by atoms with Crippen molar-refractivity contribution in [3.8, 4) is 11.8 Å². The Balaban J connectivity index is 1.26. The zero-order valence-electron chi connectivity index (χ0n) is 20.9. The van der Waals surface area contributed by atoms with Crippen LogP contribution in [0.2, 0.25) is 0 Å². The minimum absolute atomic E-state index is 0.0344. The van der Waals surface area contributed by atoms with Gasteiger partial charge in [-0.05, 0) is 37.8 Å². The fourth-order valence-corrected chi connectivity index (χ4v) is 4.73. The summed E-state index contributed by atoms with van der Waals surface area (Å²) in [7, 11) is 3.26. The smallest absolute Gasteiger partial charge is 0.222 e. The van der Waals surface area contributed by atoms with Gasteiger partial charge in [-0.2, -0.15) is 5.10 Å². The molecule has 1 unspecified atom stereocenters. The van der Waals surface area contributed by atoms with E-state index in [-0.39, 0.29) is 17.9 Å². The Labute approximate surface area is 210 Å². The molecule has 190 valence electrons. The van der Waals surface area contributed by atoms with Gasteiger partial charge in [-0.1, -0.05) is 12.3 Å². The van der Waals surface area contributed by atoms with Gasteiger partial charge in [0.1, 0.15) is 29.4 Å². The van der Waals surface area contributed by atoms with E-state index in [2.05, 4.69) is 27.1 Å². The van der Waals surface area contributed by atoms with Crippen LogP contribution in [0.15, 0.2) is 30.0 Å². The minimum atomic E-state index is -0.0819. The number of hydrogen-bond donors (Lipinski definition) is 2. The first-order chi connectivity index (χ1) is 17.6. The quantitative estimate of drug-likeness (QED) is 0.426. The van der Waals surface area contributed by atoms with Crippen molar-refractivity contribution in [2.75, 3.05) is 39.6 Å². The summed E-state index contributed by atoms with van der Waals surface area (Å²) in [4.78, 5) is 23.1. The summed E-state index contributed by atoms with van der Waals surface area (Å²) < 4.78 is 12.6. The third-order valence-corrected chi connectivity index (χ3v) is 7.15. The van der Waals surface area contributed by atoms with Crippen molar-refractivity contribution in [3.05, 3.63) is 35.7 Å². The van der Waals surface area contributed by atoms with Gasteiger partial charge < -0.3 is 25.4 Å². The van der Waals surface area contributed by atoms with E-state index in [9.17, 15) is 4.79 Å². The number of rotatable bonds is 8. The van der Waals surface area contributed by atoms with E-state index in [0.29, 0.717) is 60.3 Å². The maximum Gasteiger partial charge on any atom is 0.222 e. The van der Waals surface area contributed by atoms with Crippen molar-refractivity contribution < 1.29 is 14.3 Å². The number of fused-ring (bicyclic) bond motifs is 1. The van der Waals surface area contributed by atoms with E-state index in [0.717, 1.165) is 18.7 Å². The number of amides is 1. The average Bonchev–Trinajstić information content (AvgIpc) is 3.19. The fourth-order valence-electron chi connectivity index (χ4n) is 4.73. The lowest BCUT2D eigenvalue weighted by Crippen LogP contribution is -2.51. The van der Waals surface area contributed by atoms with E-state index in [1.165, 1.54) is 25.6 Å². The van der Waals surface area contributed by atoms with E-state index in [4.69, 9.17) is 20.3 Å². The molecule has 0 bridgehead atoms. The molecule has 3 aliphatic rings. The second kappa shape index (κ2) is 10.6. The van der Waals surface area contributed by atoms with Gasteiger partial charge >= 0.3 is 0 Å². The number of allylic oxidation sites excluding steroid dienone is 3. The Morgan fingerprint density at radius 2 is 2.08 bits per heavy atom. The molecule has 2 fully saturated rings. The topological polar surface area (TPSA) is 120 Å². The number of nitrogens with one attached hydrogen (secondary N) is 1. The van der Waals surface area contributed by atoms with Crippen LogP contribution in [0.5, 0.6) is 0 Å². The maximum absolute atomic E-state index is 12.6. The van der Waals surface area contributed by atoms with Crippen LogP contribution in [0.25, 0.3) is 11.0 Å². The van der Waals surface area contributed by atoms with Gasteiger partial charge in [0.05, 0.1) is 25.6 Å². The van der Waals surface area contributed by atoms with Crippen LogP contribution in [-0.4, -0.2) is 70.5 Å². The van der Waals surface area contributed by atoms with E-state index >= 15 is 0 Å². The molecule has 2 aliphatic carbocycles. The summed E-state index contributed by atoms with van der Waals surface area (Å²) in [5, 5.41) is 8.91. The second-order valence-electron chi connectivity index (χ2n) is 9.56. The molecule has 1 saturated heterocycles. The molecule has 36 heavy (non-hydrogen) atoms. The number of carbonyl (C=O) groups excluding carboxylic acids is 1. The fraction of sp³-hybridized carbons (Fsp3) is 0.538. The number of methoxy groups -OCH3 is 2. The van der Waals surface area contributed by atoms with Gasteiger partial charge in [0, 0.05) is 44.0 Å². The highest BCUT2D eigenvalue weighted by Gasteiger charge is 2.34. The van der Waals surface area contributed by atoms with Crippen LogP contribution in [0.4, 0.5) is 5.82 Å². The van der Waals surface area contributed by atoms with Gasteiger partial charge in [0.2, 0.25) is 5.91 Å². The number of nitrogen functional groups attached to an aromatic ring is 1. The number of ether oxygens (including phenoxy) is 2. The summed E-state index contributed by atoms with van der Waals surface area (Å²) in [5.74, 6) is 8.42. The van der Waals surface area contributed by atoms with Crippen molar-refractivity contribution in [1.29, 1.82) is 0 Å². The summed E-state index contributed by atoms with van der Waals surface area (Å²) >= 11 is 0. The molecular formula is C26H33N7O3. The highest BCUT2D eigenvalue weighted by Crippen LogP contribution is 2.29. The van der Waals surface area contributed by atoms with Crippen LogP contribution >= 0.6 is 0 Å². The molecule has 0 spiro atoms. The van der Waals surface area contributed by atoms with Crippen LogP contribution in [-0.2, 0) is 14.3 Å². The predicted molar refractivity (Wildman–Crippen MR) is 135 cm³/mol. The van der Waals surface area contributed by atoms with Crippen molar-refractivity contribution in [2.45, 2.75) is 50.6 Å². The molecule has 1 saturated carbocycles. The molecule has 3 heterocycles. The van der Waals surface area contributed by atoms with Gasteiger partial charge in [0.25, 0.3) is 0 Å². The highest BCUT2D eigenvalue weighted by molar-refractivity contribution is 5.90. The zero-order valence-corrected chi connectivity index (χ0v) is 20.9. The van der Waals surface area contributed by atoms with Gasteiger partial charge in [-0.25, -0.2) is 14.6 Å². The van der Waals surface area contributed by atoms with E-state index in [1.54, 1.807) is 14.2 Å². The van der Waals surface area contributed by atoms with Crippen molar-refractivity contribution in [2.24, 2.45) is 5.92 Å². The van der Waals surface area contributed by atoms with Crippen LogP contribution < -0.4 is 11.1 Å². The maximum atomic E-state index is 12.6. The lowest BCUT2D eigenvalue weighted by molar-refractivity contribution is -0.137. The van der Waals surface area contributed by atoms with Crippen molar-refractivity contribution >= 4 is 22.8 Å². The second-order valence-corrected chi connectivity index (χ2v) is 9.56. The molecule has 2 aromatic heterocycles. The predicted octanol–water partition coefficient (Wildman–Crippen LogP) is 2.15. The molecule has 10 heteroatoms. The molecule has 5 rings (SSSR count). The van der Waals surface area contributed by atoms with Gasteiger partial charge in [-0.15, -0.1) is 0 Å². The number of anilines is 1. The van der Waals surface area contributed by atoms with Gasteiger partial charge in [-0.3, -0.25) is 4.79 Å². The lowest BCUT2D eigenvalue weighted by Gasteiger charge is -2.39. The Bertz CT molecular complexity index is 1250. The molecule has 10 nitrogen and oxygen atoms in total. The molecule has 2 aromatic rings. The highest BCUT2D eigenvalue weighted by atomic mass is 16.5. The van der Waals surface area contributed by atoms with Crippen LogP contribution in [0.3, 0.4) is 0 Å². The number of carbonyl (C=O) groups is 1. The van der Waals surface area contributed by atoms with E-state index < -0.39 is 0 Å². The number of hydrogen-bond acceptors (Lipinski definition) is 8. The third kappa shape index (κ3) is 5.02. The SMILES string of the molecule is COC1=CC(C#Cc2nn(C3CN(C(=O)CCCNC4CCC4)C3)c3ncnc(N)c23)CC(OC)=C1. The van der Waals surface area contributed by atoms with Crippen LogP contribution in [0, 0.1) is 17.8 Å². The molecule has 1 aliphatic heterocycles. The number of likely N-dealkylation sites (tertiary alicyclic amines) is 1. The lowest BCUT2D eigenvalue weighted by atomic mass is 9.93. The Hall–Kier alpha value is -3.58. The standard InChI is InChI=1S/C26H33N7O3/c1-35-20-11-17(12-21(13-20)36-2)8-9-22-24-25(27)29-16-30-26(24)33(31-22)19-14-32(15-19)23(34)7-4-10-28-18-5-3-6-18/h11,13,16-19,28H,3-7,10,12,14-15H2,1-2H3,(H2,27,29,30). The average molecular weight is 492 g/mol. The molecule has 3 N–H and O–H groups in total. The summed E-state index contributed by atoms with van der Waals surface area (Å²) in [6.07, 6.45) is 11.2. The first kappa shape index (κ1) is 24.1. The van der Waals surface area contributed by atoms with Crippen LogP contribution in [0.1, 0.15) is 50.3 Å². The summed E-state index contributed by atoms with van der Waals surface area (Å²) in [5.41, 5.74) is 7.38. The summed E-state index contributed by atoms with van der Waals surface area (Å²) in [6, 6.07) is 0.690. The third-order valence-electron chi connectivity index (χ3n) is 7.15. The first-order valence-electron chi connectivity index (χ1n) is 12.6. The number of nitrogens with zero attached hydrogens (tertiary/aromatic N) is 5.